The van der Waals surface area contributed by atoms with Crippen LogP contribution in [0.25, 0.3) is 0 Å². The molecule has 0 aliphatic heterocycles. The van der Waals surface area contributed by atoms with E-state index in [9.17, 15) is 14.9 Å². The summed E-state index contributed by atoms with van der Waals surface area (Å²) in [5.74, 6) is -0.0892. The van der Waals surface area contributed by atoms with Crippen molar-refractivity contribution in [2.45, 2.75) is 38.6 Å². The van der Waals surface area contributed by atoms with E-state index in [0.29, 0.717) is 11.6 Å². The number of hydrazine groups is 1. The summed E-state index contributed by atoms with van der Waals surface area (Å²) in [6, 6.07) is 12.4. The number of carbonyl (C=O) groups is 1. The minimum atomic E-state index is -0.523. The third-order valence-electron chi connectivity index (χ3n) is 4.52. The lowest BCUT2D eigenvalue weighted by Crippen LogP contribution is -2.43. The van der Waals surface area contributed by atoms with E-state index in [-0.39, 0.29) is 22.4 Å². The molecule has 1 saturated carbocycles. The number of benzene rings is 2. The number of hydrogen-bond donors (Lipinski definition) is 4. The van der Waals surface area contributed by atoms with E-state index in [4.69, 9.17) is 12.2 Å². The smallest absolute Gasteiger partial charge is 0.293 e. The number of nitro benzene ring substituents is 1. The Bertz CT molecular complexity index is 926. The number of amides is 1. The predicted octanol–water partition coefficient (Wildman–Crippen LogP) is 3.92. The van der Waals surface area contributed by atoms with Gasteiger partial charge in [-0.2, -0.15) is 0 Å². The molecular weight excluding hydrogens is 390 g/mol. The Balaban J connectivity index is 1.57. The second kappa shape index (κ2) is 8.87. The highest BCUT2D eigenvalue weighted by Crippen LogP contribution is 2.31. The van der Waals surface area contributed by atoms with E-state index >= 15 is 0 Å². The number of nitrogens with one attached hydrogen (secondary N) is 4. The normalized spacial score (nSPS) is 12.9. The molecule has 0 aromatic heterocycles. The summed E-state index contributed by atoms with van der Waals surface area (Å²) in [6.45, 7) is 4.23. The molecule has 0 heterocycles. The molecule has 0 unspecified atom stereocenters. The van der Waals surface area contributed by atoms with Gasteiger partial charge in [0.15, 0.2) is 5.11 Å². The zero-order valence-corrected chi connectivity index (χ0v) is 17.0. The molecule has 3 rings (SSSR count). The average Bonchev–Trinajstić information content (AvgIpc) is 3.50. The minimum absolute atomic E-state index is 0.129. The maximum atomic E-state index is 12.3. The fourth-order valence-electron chi connectivity index (χ4n) is 2.69. The highest BCUT2D eigenvalue weighted by atomic mass is 32.1. The van der Waals surface area contributed by atoms with Gasteiger partial charge in [0.1, 0.15) is 5.69 Å². The number of carbonyl (C=O) groups excluding carboxylic acids is 1. The molecule has 29 heavy (non-hydrogen) atoms. The van der Waals surface area contributed by atoms with Crippen molar-refractivity contribution in [3.05, 3.63) is 63.7 Å². The Kier molecular flexibility index (Phi) is 6.28. The van der Waals surface area contributed by atoms with Gasteiger partial charge in [0.05, 0.1) is 4.92 Å². The molecule has 8 nitrogen and oxygen atoms in total. The summed E-state index contributed by atoms with van der Waals surface area (Å²) in [4.78, 5) is 23.2. The third-order valence-corrected chi connectivity index (χ3v) is 4.72. The van der Waals surface area contributed by atoms with E-state index in [0.717, 1.165) is 18.5 Å². The molecule has 2 aromatic carbocycles. The number of nitro groups is 1. The molecule has 0 atom stereocenters. The van der Waals surface area contributed by atoms with Crippen LogP contribution >= 0.6 is 12.2 Å². The standard InChI is InChI=1S/C20H23N5O3S/c1-12(2)13-3-6-16(7-4-13)22-20(29)24-23-19(26)14-5-10-17(21-15-8-9-15)18(11-14)25(27)28/h3-7,10-12,15,21H,8-9H2,1-2H3,(H,23,26)(H2,22,24,29). The number of rotatable bonds is 6. The van der Waals surface area contributed by atoms with Gasteiger partial charge < -0.3 is 10.6 Å². The van der Waals surface area contributed by atoms with Crippen molar-refractivity contribution in [2.75, 3.05) is 10.6 Å². The van der Waals surface area contributed by atoms with Crippen molar-refractivity contribution in [3.8, 4) is 0 Å². The first-order valence-corrected chi connectivity index (χ1v) is 9.76. The lowest BCUT2D eigenvalue weighted by Gasteiger charge is -2.13. The van der Waals surface area contributed by atoms with Crippen LogP contribution in [0.5, 0.6) is 0 Å². The van der Waals surface area contributed by atoms with Crippen LogP contribution in [-0.4, -0.2) is 22.0 Å². The van der Waals surface area contributed by atoms with Crippen molar-refractivity contribution in [1.82, 2.24) is 10.9 Å². The van der Waals surface area contributed by atoms with Crippen LogP contribution < -0.4 is 21.5 Å². The maximum Gasteiger partial charge on any atom is 0.293 e. The summed E-state index contributed by atoms with van der Waals surface area (Å²) in [5, 5.41) is 17.6. The highest BCUT2D eigenvalue weighted by Gasteiger charge is 2.25. The second-order valence-corrected chi connectivity index (χ2v) is 7.63. The van der Waals surface area contributed by atoms with Gasteiger partial charge in [-0.1, -0.05) is 26.0 Å². The SMILES string of the molecule is CC(C)c1ccc(NC(=S)NNC(=O)c2ccc(NC3CC3)c([N+](=O)[O-])c2)cc1. The van der Waals surface area contributed by atoms with E-state index < -0.39 is 10.8 Å². The monoisotopic (exact) mass is 413 g/mol. The van der Waals surface area contributed by atoms with Crippen LogP contribution in [0.4, 0.5) is 17.1 Å². The first-order chi connectivity index (χ1) is 13.8. The minimum Gasteiger partial charge on any atom is -0.377 e. The zero-order chi connectivity index (χ0) is 21.0. The number of thiocarbonyl (C=S) groups is 1. The molecule has 0 bridgehead atoms. The summed E-state index contributed by atoms with van der Waals surface area (Å²) >= 11 is 5.18. The van der Waals surface area contributed by atoms with Gasteiger partial charge in [0, 0.05) is 23.4 Å². The largest absolute Gasteiger partial charge is 0.377 e. The van der Waals surface area contributed by atoms with E-state index in [1.165, 1.54) is 17.7 Å². The Morgan fingerprint density at radius 2 is 1.83 bits per heavy atom. The van der Waals surface area contributed by atoms with Gasteiger partial charge in [-0.3, -0.25) is 25.8 Å². The first-order valence-electron chi connectivity index (χ1n) is 9.35. The van der Waals surface area contributed by atoms with Gasteiger partial charge in [0.25, 0.3) is 11.6 Å². The lowest BCUT2D eigenvalue weighted by molar-refractivity contribution is -0.384. The van der Waals surface area contributed by atoms with Crippen molar-refractivity contribution in [3.63, 3.8) is 0 Å². The summed E-state index contributed by atoms with van der Waals surface area (Å²) in [5.41, 5.74) is 7.51. The van der Waals surface area contributed by atoms with Gasteiger partial charge in [-0.15, -0.1) is 0 Å². The molecule has 4 N–H and O–H groups in total. The van der Waals surface area contributed by atoms with E-state index in [1.807, 2.05) is 24.3 Å². The Labute approximate surface area is 174 Å². The maximum absolute atomic E-state index is 12.3. The van der Waals surface area contributed by atoms with Crippen molar-refractivity contribution >= 4 is 40.3 Å². The number of anilines is 2. The average molecular weight is 414 g/mol. The zero-order valence-electron chi connectivity index (χ0n) is 16.2. The van der Waals surface area contributed by atoms with E-state index in [2.05, 4.69) is 35.3 Å². The second-order valence-electron chi connectivity index (χ2n) is 7.22. The van der Waals surface area contributed by atoms with Gasteiger partial charge >= 0.3 is 0 Å². The molecule has 1 amide bonds. The Hall–Kier alpha value is -3.20. The number of hydrogen-bond acceptors (Lipinski definition) is 5. The molecule has 1 fully saturated rings. The predicted molar refractivity (Wildman–Crippen MR) is 117 cm³/mol. The van der Waals surface area contributed by atoms with Crippen LogP contribution in [0.3, 0.4) is 0 Å². The molecule has 1 aliphatic carbocycles. The summed E-state index contributed by atoms with van der Waals surface area (Å²) < 4.78 is 0. The van der Waals surface area contributed by atoms with Crippen LogP contribution in [0.15, 0.2) is 42.5 Å². The summed E-state index contributed by atoms with van der Waals surface area (Å²) in [6.07, 6.45) is 1.99. The Morgan fingerprint density at radius 3 is 2.41 bits per heavy atom. The Morgan fingerprint density at radius 1 is 1.14 bits per heavy atom. The van der Waals surface area contributed by atoms with Gasteiger partial charge in [-0.05, 0) is 60.8 Å². The topological polar surface area (TPSA) is 108 Å². The lowest BCUT2D eigenvalue weighted by atomic mass is 10.0. The fraction of sp³-hybridized carbons (Fsp3) is 0.300. The van der Waals surface area contributed by atoms with E-state index in [1.54, 1.807) is 6.07 Å². The van der Waals surface area contributed by atoms with Crippen LogP contribution in [0.1, 0.15) is 48.5 Å². The fourth-order valence-corrected chi connectivity index (χ4v) is 2.86. The van der Waals surface area contributed by atoms with Crippen LogP contribution in [-0.2, 0) is 0 Å². The molecule has 152 valence electrons. The van der Waals surface area contributed by atoms with Crippen LogP contribution in [0, 0.1) is 10.1 Å². The molecule has 0 saturated heterocycles. The van der Waals surface area contributed by atoms with Crippen LogP contribution in [0.2, 0.25) is 0 Å². The van der Waals surface area contributed by atoms with Crippen molar-refractivity contribution in [1.29, 1.82) is 0 Å². The van der Waals surface area contributed by atoms with Gasteiger partial charge in [0.2, 0.25) is 0 Å². The number of nitrogens with zero attached hydrogens (tertiary/aromatic N) is 1. The molecular formula is C20H23N5O3S. The van der Waals surface area contributed by atoms with Crippen molar-refractivity contribution in [2.24, 2.45) is 0 Å². The molecule has 0 spiro atoms. The first kappa shape index (κ1) is 20.5. The highest BCUT2D eigenvalue weighted by molar-refractivity contribution is 7.80. The molecule has 1 aliphatic rings. The van der Waals surface area contributed by atoms with Crippen molar-refractivity contribution < 1.29 is 9.72 Å². The molecule has 2 aromatic rings. The van der Waals surface area contributed by atoms with Gasteiger partial charge in [-0.25, -0.2) is 0 Å². The summed E-state index contributed by atoms with van der Waals surface area (Å²) in [7, 11) is 0. The molecule has 9 heteroatoms. The third kappa shape index (κ3) is 5.64. The molecule has 0 radical (unpaired) electrons. The quantitative estimate of drug-likeness (QED) is 0.323.